The minimum atomic E-state index is -0.642. The largest absolute Gasteiger partial charge is 0.446 e. The van der Waals surface area contributed by atoms with Gasteiger partial charge in [0.1, 0.15) is 17.8 Å². The Balaban J connectivity index is 1.64. The van der Waals surface area contributed by atoms with Gasteiger partial charge in [-0.3, -0.25) is 4.79 Å². The Morgan fingerprint density at radius 1 is 1.15 bits per heavy atom. The van der Waals surface area contributed by atoms with Crippen LogP contribution in [0.25, 0.3) is 17.0 Å². The van der Waals surface area contributed by atoms with Crippen molar-refractivity contribution in [3.05, 3.63) is 83.0 Å². The molecule has 27 heavy (non-hydrogen) atoms. The van der Waals surface area contributed by atoms with Gasteiger partial charge in [-0.1, -0.05) is 60.1 Å². The first-order valence-corrected chi connectivity index (χ1v) is 8.79. The number of aromatic nitrogens is 1. The highest BCUT2D eigenvalue weighted by Crippen LogP contribution is 2.28. The molecule has 0 spiro atoms. The van der Waals surface area contributed by atoms with Crippen molar-refractivity contribution in [1.82, 2.24) is 9.88 Å². The fourth-order valence-electron chi connectivity index (χ4n) is 3.13. The number of rotatable bonds is 3. The van der Waals surface area contributed by atoms with Crippen LogP contribution in [0.1, 0.15) is 17.2 Å². The number of carbonyl (C=O) groups is 2. The lowest BCUT2D eigenvalue weighted by atomic mass is 10.1. The van der Waals surface area contributed by atoms with Crippen LogP contribution in [0.2, 0.25) is 5.15 Å². The van der Waals surface area contributed by atoms with Gasteiger partial charge in [0.15, 0.2) is 0 Å². The zero-order valence-electron chi connectivity index (χ0n) is 14.2. The SMILES string of the molecule is O=C(/C=C/c1cc(Cl)nc2ccccc12)N1C(=O)OC[C@@H]1c1ccccc1. The summed E-state index contributed by atoms with van der Waals surface area (Å²) in [6.45, 7) is 0.145. The van der Waals surface area contributed by atoms with Crippen molar-refractivity contribution in [2.75, 3.05) is 6.61 Å². The van der Waals surface area contributed by atoms with E-state index in [1.54, 1.807) is 12.1 Å². The van der Waals surface area contributed by atoms with E-state index < -0.39 is 18.0 Å². The van der Waals surface area contributed by atoms with Gasteiger partial charge < -0.3 is 4.74 Å². The van der Waals surface area contributed by atoms with Gasteiger partial charge in [0.05, 0.1) is 5.52 Å². The number of benzene rings is 2. The molecule has 0 saturated carbocycles. The average Bonchev–Trinajstić information content (AvgIpc) is 3.08. The maximum absolute atomic E-state index is 12.7. The molecule has 0 N–H and O–H groups in total. The molecule has 2 amide bonds. The molecule has 1 aliphatic rings. The van der Waals surface area contributed by atoms with Crippen molar-refractivity contribution in [1.29, 1.82) is 0 Å². The molecule has 0 aliphatic carbocycles. The molecule has 0 radical (unpaired) electrons. The van der Waals surface area contributed by atoms with E-state index >= 15 is 0 Å². The average molecular weight is 379 g/mol. The molecule has 4 rings (SSSR count). The summed E-state index contributed by atoms with van der Waals surface area (Å²) in [6.07, 6.45) is 2.36. The number of fused-ring (bicyclic) bond motifs is 1. The summed E-state index contributed by atoms with van der Waals surface area (Å²) in [6, 6.07) is 18.1. The number of ether oxygens (including phenoxy) is 1. The molecule has 1 aromatic heterocycles. The third-order valence-corrected chi connectivity index (χ3v) is 4.61. The highest BCUT2D eigenvalue weighted by atomic mass is 35.5. The summed E-state index contributed by atoms with van der Waals surface area (Å²) in [5, 5.41) is 1.21. The molecule has 0 bridgehead atoms. The Morgan fingerprint density at radius 3 is 2.70 bits per heavy atom. The van der Waals surface area contributed by atoms with Gasteiger partial charge in [-0.05, 0) is 29.3 Å². The standard InChI is InChI=1S/C21H15ClN2O3/c22-19-12-15(16-8-4-5-9-17(16)23-19)10-11-20(25)24-18(13-27-21(24)26)14-6-2-1-3-7-14/h1-12,18H,13H2/b11-10+/t18-/m1/s1. The summed E-state index contributed by atoms with van der Waals surface area (Å²) in [7, 11) is 0. The molecular formula is C21H15ClN2O3. The smallest absolute Gasteiger partial charge is 0.417 e. The van der Waals surface area contributed by atoms with Gasteiger partial charge in [0, 0.05) is 11.5 Å². The number of nitrogens with zero attached hydrogens (tertiary/aromatic N) is 2. The molecule has 134 valence electrons. The molecule has 3 aromatic rings. The highest BCUT2D eigenvalue weighted by Gasteiger charge is 2.37. The highest BCUT2D eigenvalue weighted by molar-refractivity contribution is 6.30. The topological polar surface area (TPSA) is 59.5 Å². The lowest BCUT2D eigenvalue weighted by Crippen LogP contribution is -2.32. The maximum atomic E-state index is 12.7. The van der Waals surface area contributed by atoms with E-state index in [1.807, 2.05) is 54.6 Å². The second-order valence-corrected chi connectivity index (χ2v) is 6.48. The van der Waals surface area contributed by atoms with Crippen LogP contribution < -0.4 is 0 Å². The summed E-state index contributed by atoms with van der Waals surface area (Å²) in [4.78, 5) is 30.2. The predicted molar refractivity (Wildman–Crippen MR) is 103 cm³/mol. The van der Waals surface area contributed by atoms with Crippen LogP contribution in [-0.4, -0.2) is 28.5 Å². The number of carbonyl (C=O) groups excluding carboxylic acids is 2. The van der Waals surface area contributed by atoms with Crippen LogP contribution in [0.4, 0.5) is 4.79 Å². The van der Waals surface area contributed by atoms with E-state index in [0.717, 1.165) is 26.9 Å². The first-order valence-electron chi connectivity index (χ1n) is 8.42. The second kappa shape index (κ2) is 7.21. The van der Waals surface area contributed by atoms with Gasteiger partial charge in [-0.25, -0.2) is 14.7 Å². The molecule has 6 heteroatoms. The summed E-state index contributed by atoms with van der Waals surface area (Å²) in [5.74, 6) is -0.441. The van der Waals surface area contributed by atoms with Crippen LogP contribution in [0.5, 0.6) is 0 Å². The molecule has 0 unspecified atom stereocenters. The van der Waals surface area contributed by atoms with Gasteiger partial charge in [-0.15, -0.1) is 0 Å². The van der Waals surface area contributed by atoms with Crippen LogP contribution >= 0.6 is 11.6 Å². The summed E-state index contributed by atoms with van der Waals surface area (Å²) >= 11 is 6.08. The van der Waals surface area contributed by atoms with Crippen molar-refractivity contribution in [2.24, 2.45) is 0 Å². The first kappa shape index (κ1) is 17.2. The predicted octanol–water partition coefficient (Wildman–Crippen LogP) is 4.62. The number of pyridine rings is 1. The van der Waals surface area contributed by atoms with Gasteiger partial charge in [0.25, 0.3) is 5.91 Å². The number of cyclic esters (lactones) is 1. The van der Waals surface area contributed by atoms with Crippen LogP contribution in [0.15, 0.2) is 66.7 Å². The van der Waals surface area contributed by atoms with Gasteiger partial charge in [0.2, 0.25) is 0 Å². The molecule has 1 fully saturated rings. The zero-order valence-corrected chi connectivity index (χ0v) is 15.0. The fraction of sp³-hybridized carbons (Fsp3) is 0.0952. The molecule has 5 nitrogen and oxygen atoms in total. The zero-order chi connectivity index (χ0) is 18.8. The Hall–Kier alpha value is -3.18. The molecule has 2 aromatic carbocycles. The maximum Gasteiger partial charge on any atom is 0.417 e. The Labute approximate surface area is 160 Å². The fourth-order valence-corrected chi connectivity index (χ4v) is 3.34. The number of hydrogen-bond acceptors (Lipinski definition) is 4. The lowest BCUT2D eigenvalue weighted by Gasteiger charge is -2.18. The van der Waals surface area contributed by atoms with E-state index in [2.05, 4.69) is 4.98 Å². The van der Waals surface area contributed by atoms with Crippen LogP contribution in [0, 0.1) is 0 Å². The minimum absolute atomic E-state index is 0.145. The molecule has 1 aliphatic heterocycles. The summed E-state index contributed by atoms with van der Waals surface area (Å²) < 4.78 is 5.10. The van der Waals surface area contributed by atoms with Crippen molar-refractivity contribution in [3.63, 3.8) is 0 Å². The van der Waals surface area contributed by atoms with E-state index in [9.17, 15) is 9.59 Å². The third-order valence-electron chi connectivity index (χ3n) is 4.42. The monoisotopic (exact) mass is 378 g/mol. The number of halogens is 1. The second-order valence-electron chi connectivity index (χ2n) is 6.10. The normalized spacial score (nSPS) is 16.9. The van der Waals surface area contributed by atoms with Crippen molar-refractivity contribution < 1.29 is 14.3 Å². The van der Waals surface area contributed by atoms with E-state index in [-0.39, 0.29) is 6.61 Å². The molecular weight excluding hydrogens is 364 g/mol. The van der Waals surface area contributed by atoms with E-state index in [1.165, 1.54) is 6.08 Å². The molecule has 2 heterocycles. The van der Waals surface area contributed by atoms with E-state index in [4.69, 9.17) is 16.3 Å². The van der Waals surface area contributed by atoms with Crippen molar-refractivity contribution in [2.45, 2.75) is 6.04 Å². The molecule has 1 saturated heterocycles. The quantitative estimate of drug-likeness (QED) is 0.493. The third kappa shape index (κ3) is 3.41. The van der Waals surface area contributed by atoms with Gasteiger partial charge in [-0.2, -0.15) is 0 Å². The van der Waals surface area contributed by atoms with Gasteiger partial charge >= 0.3 is 6.09 Å². The number of para-hydroxylation sites is 1. The van der Waals surface area contributed by atoms with Crippen LogP contribution in [-0.2, 0) is 9.53 Å². The summed E-state index contributed by atoms with van der Waals surface area (Å²) in [5.41, 5.74) is 2.34. The number of imide groups is 1. The van der Waals surface area contributed by atoms with Crippen LogP contribution in [0.3, 0.4) is 0 Å². The number of amides is 2. The van der Waals surface area contributed by atoms with Crippen molar-refractivity contribution >= 4 is 40.6 Å². The number of hydrogen-bond donors (Lipinski definition) is 0. The first-order chi connectivity index (χ1) is 13.1. The lowest BCUT2D eigenvalue weighted by molar-refractivity contribution is -0.124. The Kier molecular flexibility index (Phi) is 4.60. The Morgan fingerprint density at radius 2 is 1.89 bits per heavy atom. The minimum Gasteiger partial charge on any atom is -0.446 e. The van der Waals surface area contributed by atoms with E-state index in [0.29, 0.717) is 5.15 Å². The van der Waals surface area contributed by atoms with Crippen molar-refractivity contribution in [3.8, 4) is 0 Å². The Bertz CT molecular complexity index is 1050. The molecule has 1 atom stereocenters.